The van der Waals surface area contributed by atoms with Crippen LogP contribution in [0.2, 0.25) is 0 Å². The third kappa shape index (κ3) is 2.82. The van der Waals surface area contributed by atoms with E-state index in [1.54, 1.807) is 19.2 Å². The van der Waals surface area contributed by atoms with Gasteiger partial charge in [0, 0.05) is 7.05 Å². The molecule has 2 atom stereocenters. The fourth-order valence-electron chi connectivity index (χ4n) is 2.74. The Morgan fingerprint density at radius 3 is 2.35 bits per heavy atom. The summed E-state index contributed by atoms with van der Waals surface area (Å²) in [5.41, 5.74) is 0.162. The predicted octanol–water partition coefficient (Wildman–Crippen LogP) is 1.76. The Hall–Kier alpha value is -1.88. The van der Waals surface area contributed by atoms with Crippen molar-refractivity contribution in [1.82, 2.24) is 4.90 Å². The molecule has 0 bridgehead atoms. The lowest BCUT2D eigenvalue weighted by atomic mass is 9.91. The van der Waals surface area contributed by atoms with E-state index < -0.39 is 12.1 Å². The van der Waals surface area contributed by atoms with Crippen molar-refractivity contribution < 1.29 is 19.8 Å². The minimum atomic E-state index is -1.12. The van der Waals surface area contributed by atoms with E-state index in [4.69, 9.17) is 5.11 Å². The number of aromatic carboxylic acids is 1. The second-order valence-corrected chi connectivity index (χ2v) is 5.19. The molecule has 1 aromatic carbocycles. The zero-order chi connectivity index (χ0) is 14.7. The standard InChI is InChI=1S/C15H19NO4/c1-16(12-8-4-5-9-13(12)17)14(18)10-6-2-3-7-11(10)15(19)20/h2-3,6-7,12-13,17H,4-5,8-9H2,1H3,(H,19,20). The van der Waals surface area contributed by atoms with Gasteiger partial charge in [0.25, 0.3) is 5.91 Å². The molecule has 1 aliphatic carbocycles. The highest BCUT2D eigenvalue weighted by Crippen LogP contribution is 2.24. The number of likely N-dealkylation sites (N-methyl/N-ethyl adjacent to an activating group) is 1. The predicted molar refractivity (Wildman–Crippen MR) is 73.8 cm³/mol. The Labute approximate surface area is 117 Å². The Balaban J connectivity index is 2.24. The van der Waals surface area contributed by atoms with Crippen LogP contribution in [0.5, 0.6) is 0 Å². The van der Waals surface area contributed by atoms with Crippen LogP contribution in [0.1, 0.15) is 46.4 Å². The molecule has 108 valence electrons. The number of aliphatic hydroxyl groups is 1. The van der Waals surface area contributed by atoms with Crippen LogP contribution in [0.25, 0.3) is 0 Å². The summed E-state index contributed by atoms with van der Waals surface area (Å²) in [6, 6.07) is 5.93. The van der Waals surface area contributed by atoms with Gasteiger partial charge in [-0.15, -0.1) is 0 Å². The second kappa shape index (κ2) is 6.05. The molecular formula is C15H19NO4. The molecule has 0 spiro atoms. The lowest BCUT2D eigenvalue weighted by Crippen LogP contribution is -2.46. The van der Waals surface area contributed by atoms with Gasteiger partial charge >= 0.3 is 5.97 Å². The zero-order valence-corrected chi connectivity index (χ0v) is 11.5. The Bertz CT molecular complexity index is 514. The molecular weight excluding hydrogens is 258 g/mol. The van der Waals surface area contributed by atoms with E-state index in [-0.39, 0.29) is 23.1 Å². The largest absolute Gasteiger partial charge is 0.478 e. The Morgan fingerprint density at radius 2 is 1.75 bits per heavy atom. The number of carboxylic acids is 1. The molecule has 1 amide bonds. The van der Waals surface area contributed by atoms with Crippen molar-refractivity contribution in [3.63, 3.8) is 0 Å². The number of hydrogen-bond donors (Lipinski definition) is 2. The first-order valence-corrected chi connectivity index (χ1v) is 6.80. The van der Waals surface area contributed by atoms with Crippen LogP contribution in [0.4, 0.5) is 0 Å². The van der Waals surface area contributed by atoms with Crippen molar-refractivity contribution in [2.24, 2.45) is 0 Å². The van der Waals surface area contributed by atoms with Crippen molar-refractivity contribution in [3.8, 4) is 0 Å². The van der Waals surface area contributed by atoms with E-state index in [0.717, 1.165) is 19.3 Å². The summed E-state index contributed by atoms with van der Waals surface area (Å²) in [5.74, 6) is -1.47. The molecule has 1 aliphatic rings. The van der Waals surface area contributed by atoms with Gasteiger partial charge in [0.2, 0.25) is 0 Å². The van der Waals surface area contributed by atoms with Gasteiger partial charge in [0.1, 0.15) is 0 Å². The van der Waals surface area contributed by atoms with Crippen molar-refractivity contribution in [3.05, 3.63) is 35.4 Å². The number of hydrogen-bond acceptors (Lipinski definition) is 3. The molecule has 0 radical (unpaired) electrons. The summed E-state index contributed by atoms with van der Waals surface area (Å²) in [6.07, 6.45) is 2.84. The first-order chi connectivity index (χ1) is 9.52. The summed E-state index contributed by atoms with van der Waals surface area (Å²) < 4.78 is 0. The van der Waals surface area contributed by atoms with Gasteiger partial charge in [-0.1, -0.05) is 25.0 Å². The number of amides is 1. The molecule has 5 nitrogen and oxygen atoms in total. The maximum absolute atomic E-state index is 12.5. The second-order valence-electron chi connectivity index (χ2n) is 5.19. The minimum Gasteiger partial charge on any atom is -0.478 e. The smallest absolute Gasteiger partial charge is 0.336 e. The van der Waals surface area contributed by atoms with E-state index in [1.807, 2.05) is 0 Å². The number of benzene rings is 1. The molecule has 5 heteroatoms. The van der Waals surface area contributed by atoms with E-state index in [9.17, 15) is 14.7 Å². The highest BCUT2D eigenvalue weighted by atomic mass is 16.4. The molecule has 0 aliphatic heterocycles. The fourth-order valence-corrected chi connectivity index (χ4v) is 2.74. The molecule has 1 aromatic rings. The highest BCUT2D eigenvalue weighted by molar-refractivity contribution is 6.04. The third-order valence-electron chi connectivity index (χ3n) is 3.90. The van der Waals surface area contributed by atoms with Gasteiger partial charge in [0.05, 0.1) is 23.3 Å². The summed E-state index contributed by atoms with van der Waals surface area (Å²) in [5, 5.41) is 19.1. The normalized spacial score (nSPS) is 22.3. The first kappa shape index (κ1) is 14.5. The molecule has 1 saturated carbocycles. The van der Waals surface area contributed by atoms with Crippen LogP contribution >= 0.6 is 0 Å². The SMILES string of the molecule is CN(C(=O)c1ccccc1C(=O)O)C1CCCCC1O. The number of carbonyl (C=O) groups excluding carboxylic acids is 1. The Kier molecular flexibility index (Phi) is 4.39. The number of carboxylic acid groups (broad SMARTS) is 1. The monoisotopic (exact) mass is 277 g/mol. The maximum atomic E-state index is 12.5. The van der Waals surface area contributed by atoms with Crippen LogP contribution in [0.15, 0.2) is 24.3 Å². The van der Waals surface area contributed by atoms with Crippen LogP contribution in [-0.4, -0.2) is 46.2 Å². The molecule has 0 aromatic heterocycles. The quantitative estimate of drug-likeness (QED) is 0.882. The topological polar surface area (TPSA) is 77.8 Å². The summed E-state index contributed by atoms with van der Waals surface area (Å²) >= 11 is 0. The van der Waals surface area contributed by atoms with Gasteiger partial charge in [-0.2, -0.15) is 0 Å². The third-order valence-corrected chi connectivity index (χ3v) is 3.90. The average molecular weight is 277 g/mol. The van der Waals surface area contributed by atoms with E-state index in [2.05, 4.69) is 0 Å². The fraction of sp³-hybridized carbons (Fsp3) is 0.467. The summed E-state index contributed by atoms with van der Waals surface area (Å²) in [4.78, 5) is 25.1. The molecule has 2 unspecified atom stereocenters. The molecule has 2 N–H and O–H groups in total. The average Bonchev–Trinajstić information content (AvgIpc) is 2.46. The van der Waals surface area contributed by atoms with Gasteiger partial charge in [-0.05, 0) is 25.0 Å². The van der Waals surface area contributed by atoms with Crippen molar-refractivity contribution in [2.75, 3.05) is 7.05 Å². The Morgan fingerprint density at radius 1 is 1.15 bits per heavy atom. The lowest BCUT2D eigenvalue weighted by molar-refractivity contribution is 0.0266. The van der Waals surface area contributed by atoms with Gasteiger partial charge in [-0.25, -0.2) is 4.79 Å². The zero-order valence-electron chi connectivity index (χ0n) is 11.5. The molecule has 1 fully saturated rings. The molecule has 0 saturated heterocycles. The van der Waals surface area contributed by atoms with Crippen LogP contribution in [0, 0.1) is 0 Å². The maximum Gasteiger partial charge on any atom is 0.336 e. The van der Waals surface area contributed by atoms with Crippen LogP contribution < -0.4 is 0 Å². The number of rotatable bonds is 3. The van der Waals surface area contributed by atoms with Crippen molar-refractivity contribution >= 4 is 11.9 Å². The van der Waals surface area contributed by atoms with Crippen LogP contribution in [0.3, 0.4) is 0 Å². The van der Waals surface area contributed by atoms with E-state index >= 15 is 0 Å². The number of carbonyl (C=O) groups is 2. The van der Waals surface area contributed by atoms with Gasteiger partial charge in [-0.3, -0.25) is 4.79 Å². The first-order valence-electron chi connectivity index (χ1n) is 6.80. The number of nitrogens with zero attached hydrogens (tertiary/aromatic N) is 1. The molecule has 20 heavy (non-hydrogen) atoms. The van der Waals surface area contributed by atoms with Crippen molar-refractivity contribution in [2.45, 2.75) is 37.8 Å². The minimum absolute atomic E-state index is 0.00495. The molecule has 0 heterocycles. The van der Waals surface area contributed by atoms with Gasteiger partial charge < -0.3 is 15.1 Å². The lowest BCUT2D eigenvalue weighted by Gasteiger charge is -2.35. The van der Waals surface area contributed by atoms with Crippen molar-refractivity contribution in [1.29, 1.82) is 0 Å². The van der Waals surface area contributed by atoms with E-state index in [1.165, 1.54) is 17.0 Å². The van der Waals surface area contributed by atoms with Crippen LogP contribution in [-0.2, 0) is 0 Å². The molecule has 2 rings (SSSR count). The van der Waals surface area contributed by atoms with E-state index in [0.29, 0.717) is 6.42 Å². The van der Waals surface area contributed by atoms with Gasteiger partial charge in [0.15, 0.2) is 0 Å². The highest BCUT2D eigenvalue weighted by Gasteiger charge is 2.31. The number of aliphatic hydroxyl groups excluding tert-OH is 1. The summed E-state index contributed by atoms with van der Waals surface area (Å²) in [7, 11) is 1.63. The summed E-state index contributed by atoms with van der Waals surface area (Å²) in [6.45, 7) is 0.